The van der Waals surface area contributed by atoms with Gasteiger partial charge in [0, 0.05) is 43.6 Å². The van der Waals surface area contributed by atoms with Crippen LogP contribution in [0.15, 0.2) is 55.1 Å². The molecular weight excluding hydrogens is 404 g/mol. The van der Waals surface area contributed by atoms with Crippen molar-refractivity contribution in [3.8, 4) is 11.6 Å². The van der Waals surface area contributed by atoms with Crippen LogP contribution in [0.1, 0.15) is 13.8 Å². The number of benzene rings is 1. The number of nitrogens with zero attached hydrogens (tertiary/aromatic N) is 6. The molecule has 1 aromatic carbocycles. The number of imidazole rings is 1. The number of halogens is 1. The minimum absolute atomic E-state index is 0.0429. The van der Waals surface area contributed by atoms with Gasteiger partial charge in [-0.25, -0.2) is 4.98 Å². The van der Waals surface area contributed by atoms with Crippen LogP contribution in [-0.4, -0.2) is 62.3 Å². The molecule has 3 aromatic rings. The summed E-state index contributed by atoms with van der Waals surface area (Å²) in [6.45, 7) is 6.13. The fraction of sp³-hybridized carbons (Fsp3) is 0.333. The molecular formula is C21H23ClN6O2. The Morgan fingerprint density at radius 3 is 2.27 bits per heavy atom. The van der Waals surface area contributed by atoms with Crippen molar-refractivity contribution in [3.05, 3.63) is 60.1 Å². The standard InChI is InChI=1S/C21H23ClN6O2/c1-21(2,30-17-5-3-16(22)4-6-17)20(29)27-13-11-26(12-14-27)18-7-8-19(25-24-18)28-10-9-23-15-28/h3-10,15H,11-14H2,1-2H3. The summed E-state index contributed by atoms with van der Waals surface area (Å²) >= 11 is 5.92. The normalized spacial score (nSPS) is 14.6. The monoisotopic (exact) mass is 426 g/mol. The van der Waals surface area contributed by atoms with Gasteiger partial charge in [0.1, 0.15) is 12.1 Å². The first-order valence-electron chi connectivity index (χ1n) is 9.73. The minimum Gasteiger partial charge on any atom is -0.478 e. The Kier molecular flexibility index (Phi) is 5.59. The maximum absolute atomic E-state index is 13.0. The van der Waals surface area contributed by atoms with Gasteiger partial charge in [-0.3, -0.25) is 9.36 Å². The van der Waals surface area contributed by atoms with E-state index in [2.05, 4.69) is 20.1 Å². The maximum atomic E-state index is 13.0. The first kappa shape index (κ1) is 20.2. The number of rotatable bonds is 5. The highest BCUT2D eigenvalue weighted by atomic mass is 35.5. The van der Waals surface area contributed by atoms with Crippen molar-refractivity contribution in [3.63, 3.8) is 0 Å². The van der Waals surface area contributed by atoms with Gasteiger partial charge in [0.2, 0.25) is 0 Å². The number of hydrogen-bond acceptors (Lipinski definition) is 6. The zero-order valence-corrected chi connectivity index (χ0v) is 17.7. The Hall–Kier alpha value is -3.13. The van der Waals surface area contributed by atoms with Crippen molar-refractivity contribution in [2.24, 2.45) is 0 Å². The lowest BCUT2D eigenvalue weighted by molar-refractivity contribution is -0.145. The number of carbonyl (C=O) groups is 1. The molecule has 9 heteroatoms. The van der Waals surface area contributed by atoms with Gasteiger partial charge in [-0.2, -0.15) is 0 Å². The number of piperazine rings is 1. The summed E-state index contributed by atoms with van der Waals surface area (Å²) in [6, 6.07) is 10.9. The van der Waals surface area contributed by atoms with Crippen molar-refractivity contribution in [2.75, 3.05) is 31.1 Å². The van der Waals surface area contributed by atoms with Crippen LogP contribution < -0.4 is 9.64 Å². The van der Waals surface area contributed by atoms with Crippen molar-refractivity contribution < 1.29 is 9.53 Å². The number of anilines is 1. The van der Waals surface area contributed by atoms with E-state index in [0.29, 0.717) is 42.8 Å². The van der Waals surface area contributed by atoms with Crippen molar-refractivity contribution >= 4 is 23.3 Å². The Bertz CT molecular complexity index is 981. The lowest BCUT2D eigenvalue weighted by Crippen LogP contribution is -2.56. The molecule has 0 aliphatic carbocycles. The number of amides is 1. The molecule has 0 bridgehead atoms. The first-order valence-corrected chi connectivity index (χ1v) is 10.1. The SMILES string of the molecule is CC(C)(Oc1ccc(Cl)cc1)C(=O)N1CCN(c2ccc(-n3ccnc3)nn2)CC1. The average Bonchev–Trinajstić information content (AvgIpc) is 3.30. The van der Waals surface area contributed by atoms with Crippen molar-refractivity contribution in [2.45, 2.75) is 19.4 Å². The molecule has 4 rings (SSSR count). The van der Waals surface area contributed by atoms with E-state index in [1.807, 2.05) is 23.2 Å². The molecule has 8 nitrogen and oxygen atoms in total. The van der Waals surface area contributed by atoms with Crippen molar-refractivity contribution in [1.82, 2.24) is 24.6 Å². The second-order valence-corrected chi connectivity index (χ2v) is 8.00. The molecule has 30 heavy (non-hydrogen) atoms. The quantitative estimate of drug-likeness (QED) is 0.624. The van der Waals surface area contributed by atoms with Crippen LogP contribution in [0.4, 0.5) is 5.82 Å². The van der Waals surface area contributed by atoms with Crippen LogP contribution >= 0.6 is 11.6 Å². The highest BCUT2D eigenvalue weighted by molar-refractivity contribution is 6.30. The van der Waals surface area contributed by atoms with Gasteiger partial charge in [-0.05, 0) is 50.2 Å². The van der Waals surface area contributed by atoms with Gasteiger partial charge < -0.3 is 14.5 Å². The third-order valence-electron chi connectivity index (χ3n) is 5.00. The maximum Gasteiger partial charge on any atom is 0.266 e. The molecule has 0 saturated carbocycles. The summed E-state index contributed by atoms with van der Waals surface area (Å²) in [5, 5.41) is 9.22. The van der Waals surface area contributed by atoms with E-state index >= 15 is 0 Å². The molecule has 0 spiro atoms. The molecule has 1 amide bonds. The molecule has 0 N–H and O–H groups in total. The number of ether oxygens (including phenoxy) is 1. The van der Waals surface area contributed by atoms with Gasteiger partial charge in [0.05, 0.1) is 0 Å². The molecule has 1 fully saturated rings. The summed E-state index contributed by atoms with van der Waals surface area (Å²) in [6.07, 6.45) is 5.20. The van der Waals surface area contributed by atoms with E-state index in [1.54, 1.807) is 55.2 Å². The molecule has 0 atom stereocenters. The summed E-state index contributed by atoms with van der Waals surface area (Å²) in [4.78, 5) is 21.0. The fourth-order valence-corrected chi connectivity index (χ4v) is 3.51. The van der Waals surface area contributed by atoms with E-state index in [1.165, 1.54) is 0 Å². The number of carbonyl (C=O) groups excluding carboxylic acids is 1. The molecule has 2 aromatic heterocycles. The van der Waals surface area contributed by atoms with E-state index in [9.17, 15) is 4.79 Å². The van der Waals surface area contributed by atoms with Gasteiger partial charge in [-0.1, -0.05) is 11.6 Å². The van der Waals surface area contributed by atoms with Crippen LogP contribution in [0.3, 0.4) is 0 Å². The Labute approximate surface area is 180 Å². The van der Waals surface area contributed by atoms with E-state index in [-0.39, 0.29) is 5.91 Å². The molecule has 156 valence electrons. The highest BCUT2D eigenvalue weighted by Crippen LogP contribution is 2.23. The molecule has 3 heterocycles. The zero-order valence-electron chi connectivity index (χ0n) is 16.9. The smallest absolute Gasteiger partial charge is 0.266 e. The topological polar surface area (TPSA) is 76.4 Å². The second kappa shape index (κ2) is 8.31. The molecule has 1 aliphatic heterocycles. The second-order valence-electron chi connectivity index (χ2n) is 7.57. The summed E-state index contributed by atoms with van der Waals surface area (Å²) in [5.74, 6) is 2.08. The Morgan fingerprint density at radius 2 is 1.67 bits per heavy atom. The van der Waals surface area contributed by atoms with Crippen molar-refractivity contribution in [1.29, 1.82) is 0 Å². The number of aromatic nitrogens is 4. The van der Waals surface area contributed by atoms with E-state index in [0.717, 1.165) is 5.82 Å². The van der Waals surface area contributed by atoms with Crippen LogP contribution in [-0.2, 0) is 4.79 Å². The largest absolute Gasteiger partial charge is 0.478 e. The van der Waals surface area contributed by atoms with Gasteiger partial charge >= 0.3 is 0 Å². The summed E-state index contributed by atoms with van der Waals surface area (Å²) in [7, 11) is 0. The predicted molar refractivity (Wildman–Crippen MR) is 114 cm³/mol. The predicted octanol–water partition coefficient (Wildman–Crippen LogP) is 2.82. The van der Waals surface area contributed by atoms with Crippen LogP contribution in [0.25, 0.3) is 5.82 Å². The number of hydrogen-bond donors (Lipinski definition) is 0. The Morgan fingerprint density at radius 1 is 1.00 bits per heavy atom. The molecule has 1 saturated heterocycles. The first-order chi connectivity index (χ1) is 14.4. The lowest BCUT2D eigenvalue weighted by Gasteiger charge is -2.38. The van der Waals surface area contributed by atoms with E-state index in [4.69, 9.17) is 16.3 Å². The van der Waals surface area contributed by atoms with Gasteiger partial charge in [0.25, 0.3) is 5.91 Å². The van der Waals surface area contributed by atoms with Crippen LogP contribution in [0.5, 0.6) is 5.75 Å². The fourth-order valence-electron chi connectivity index (χ4n) is 3.38. The zero-order chi connectivity index (χ0) is 21.1. The average molecular weight is 427 g/mol. The third-order valence-corrected chi connectivity index (χ3v) is 5.25. The lowest BCUT2D eigenvalue weighted by atomic mass is 10.1. The van der Waals surface area contributed by atoms with Gasteiger partial charge in [-0.15, -0.1) is 10.2 Å². The summed E-state index contributed by atoms with van der Waals surface area (Å²) < 4.78 is 7.74. The highest BCUT2D eigenvalue weighted by Gasteiger charge is 2.36. The molecule has 0 radical (unpaired) electrons. The van der Waals surface area contributed by atoms with Gasteiger partial charge in [0.15, 0.2) is 17.2 Å². The molecule has 1 aliphatic rings. The molecule has 0 unspecified atom stereocenters. The minimum atomic E-state index is -0.970. The third kappa shape index (κ3) is 4.38. The van der Waals surface area contributed by atoms with E-state index < -0.39 is 5.60 Å². The van der Waals surface area contributed by atoms with Crippen LogP contribution in [0, 0.1) is 0 Å². The van der Waals surface area contributed by atoms with Crippen LogP contribution in [0.2, 0.25) is 5.02 Å². The Balaban J connectivity index is 1.35. The summed E-state index contributed by atoms with van der Waals surface area (Å²) in [5.41, 5.74) is -0.970.